The highest BCUT2D eigenvalue weighted by atomic mass is 16.7. The van der Waals surface area contributed by atoms with Gasteiger partial charge >= 0.3 is 0 Å². The van der Waals surface area contributed by atoms with Gasteiger partial charge < -0.3 is 94.8 Å². The van der Waals surface area contributed by atoms with Crippen molar-refractivity contribution in [3.05, 3.63) is 0 Å². The molecule has 0 aromatic rings. The quantitative estimate of drug-likeness (QED) is 0.0962. The lowest BCUT2D eigenvalue weighted by atomic mass is 9.43. The molecule has 0 aromatic carbocycles. The van der Waals surface area contributed by atoms with E-state index in [1.807, 2.05) is 6.92 Å². The molecule has 8 aliphatic rings. The lowest BCUT2D eigenvalue weighted by molar-refractivity contribution is -0.368. The summed E-state index contributed by atoms with van der Waals surface area (Å²) in [4.78, 5) is 0. The molecule has 8 rings (SSSR count). The Bertz CT molecular complexity index is 1600. The van der Waals surface area contributed by atoms with Gasteiger partial charge in [0.15, 0.2) is 18.4 Å². The molecular formula is C45H76O19. The van der Waals surface area contributed by atoms with Gasteiger partial charge in [-0.3, -0.25) is 0 Å². The second-order valence-corrected chi connectivity index (χ2v) is 21.7. The average Bonchev–Trinajstić information content (AvgIpc) is 3.71. The molecule has 64 heavy (non-hydrogen) atoms. The van der Waals surface area contributed by atoms with E-state index in [0.29, 0.717) is 31.6 Å². The molecule has 19 heteroatoms. The highest BCUT2D eigenvalue weighted by Crippen LogP contribution is 2.71. The zero-order valence-electron chi connectivity index (χ0n) is 37.6. The molecule has 4 saturated carbocycles. The first kappa shape index (κ1) is 49.7. The predicted octanol–water partition coefficient (Wildman–Crippen LogP) is -2.39. The van der Waals surface area contributed by atoms with Gasteiger partial charge in [0.05, 0.1) is 43.7 Å². The molecule has 8 fully saturated rings. The van der Waals surface area contributed by atoms with Gasteiger partial charge in [0.2, 0.25) is 0 Å². The van der Waals surface area contributed by atoms with Crippen LogP contribution in [0.4, 0.5) is 0 Å². The van der Waals surface area contributed by atoms with Crippen molar-refractivity contribution >= 4 is 0 Å². The first-order valence-corrected chi connectivity index (χ1v) is 23.8. The number of hydrogen-bond donors (Lipinski definition) is 13. The SMILES string of the molecule is C[C@@H]1O[C@@H](O[C@@H]2[C@@H](O)[C@H](OC3C[C@H]4[C@@H](CC[C@@H]5C[C@@H](O)CC[C@@]54C)[C@@H]4C[C@@H]5O[C@](O)(CC[C@H](C)C(O)[C@@H]6O[C@H](CO)[C@H](O)[C@H](O)[C@H]6O)[C@@H](C)[C@@H]5[C@@]34C)O[C@H](CO)[C@H]2O)[C@H](O)[C@H](O)[C@H]1O. The minimum Gasteiger partial charge on any atom is -0.394 e. The number of rotatable bonds is 11. The van der Waals surface area contributed by atoms with E-state index < -0.39 is 146 Å². The van der Waals surface area contributed by atoms with Crippen molar-refractivity contribution in [1.29, 1.82) is 0 Å². The molecule has 19 nitrogen and oxygen atoms in total. The van der Waals surface area contributed by atoms with Crippen LogP contribution in [0.2, 0.25) is 0 Å². The number of aliphatic hydroxyl groups excluding tert-OH is 12. The average molecular weight is 921 g/mol. The Hall–Kier alpha value is -0.760. The van der Waals surface area contributed by atoms with Crippen molar-refractivity contribution in [3.63, 3.8) is 0 Å². The van der Waals surface area contributed by atoms with E-state index >= 15 is 0 Å². The standard InChI is InChI=1S/C45H76O19/c1-17(30(49)39-36(55)35(54)32(51)26(15-46)60-39)8-11-45(58)18(2)29-25(64-45)13-24-22-7-6-20-12-21(48)9-10-43(20,4)23(22)14-28(44(24,29)5)62-42-38(57)40(33(52)27(16-47)61-42)63-41-37(56)34(53)31(50)19(3)59-41/h17-42,46-58H,6-16H2,1-5H3/t17-,18-,19-,20+,21-,22+,23-,24-,25-,26+,27+,28?,29-,30?,31-,32-,33+,34+,35-,36+,37+,38+,39-,40-,41-,42-,43-,44+,45+/m0/s1. The van der Waals surface area contributed by atoms with Gasteiger partial charge in [0.1, 0.15) is 73.2 Å². The van der Waals surface area contributed by atoms with Crippen molar-refractivity contribution in [3.8, 4) is 0 Å². The van der Waals surface area contributed by atoms with E-state index in [9.17, 15) is 66.4 Å². The van der Waals surface area contributed by atoms with Gasteiger partial charge in [-0.15, -0.1) is 0 Å². The normalized spacial score (nSPS) is 57.3. The van der Waals surface area contributed by atoms with Crippen molar-refractivity contribution in [2.45, 2.75) is 215 Å². The molecule has 0 aromatic heterocycles. The van der Waals surface area contributed by atoms with Crippen LogP contribution in [-0.2, 0) is 28.4 Å². The summed E-state index contributed by atoms with van der Waals surface area (Å²) in [5.74, 6) is -2.23. The second kappa shape index (κ2) is 18.5. The Labute approximate surface area is 374 Å². The van der Waals surface area contributed by atoms with Crippen LogP contribution < -0.4 is 0 Å². The molecule has 4 aliphatic heterocycles. The van der Waals surface area contributed by atoms with Gasteiger partial charge in [-0.05, 0) is 93.3 Å². The van der Waals surface area contributed by atoms with Crippen LogP contribution in [0.1, 0.15) is 92.4 Å². The fourth-order valence-electron chi connectivity index (χ4n) is 14.4. The molecule has 29 atom stereocenters. The van der Waals surface area contributed by atoms with E-state index in [0.717, 1.165) is 19.3 Å². The predicted molar refractivity (Wildman–Crippen MR) is 219 cm³/mol. The van der Waals surface area contributed by atoms with E-state index in [1.54, 1.807) is 6.92 Å². The molecule has 13 N–H and O–H groups in total. The van der Waals surface area contributed by atoms with E-state index in [-0.39, 0.29) is 48.0 Å². The van der Waals surface area contributed by atoms with Gasteiger partial charge in [-0.1, -0.05) is 27.7 Å². The minimum atomic E-state index is -1.73. The van der Waals surface area contributed by atoms with Crippen LogP contribution in [-0.4, -0.2) is 202 Å². The zero-order valence-corrected chi connectivity index (χ0v) is 37.6. The topological polar surface area (TPSA) is 318 Å². The third-order valence-electron chi connectivity index (χ3n) is 18.4. The Morgan fingerprint density at radius 2 is 1.34 bits per heavy atom. The molecule has 0 amide bonds. The summed E-state index contributed by atoms with van der Waals surface area (Å²) in [7, 11) is 0. The van der Waals surface area contributed by atoms with Crippen LogP contribution in [0.5, 0.6) is 0 Å². The Morgan fingerprint density at radius 3 is 2.03 bits per heavy atom. The molecule has 0 bridgehead atoms. The molecule has 4 heterocycles. The third-order valence-corrected chi connectivity index (χ3v) is 18.4. The van der Waals surface area contributed by atoms with Crippen molar-refractivity contribution < 1.29 is 94.8 Å². The maximum absolute atomic E-state index is 12.4. The maximum Gasteiger partial charge on any atom is 0.187 e. The van der Waals surface area contributed by atoms with Crippen LogP contribution in [0, 0.1) is 52.3 Å². The summed E-state index contributed by atoms with van der Waals surface area (Å²) in [5, 5.41) is 141. The molecule has 2 unspecified atom stereocenters. The van der Waals surface area contributed by atoms with Gasteiger partial charge in [-0.2, -0.15) is 0 Å². The molecule has 4 saturated heterocycles. The first-order valence-electron chi connectivity index (χ1n) is 23.8. The number of aliphatic hydroxyl groups is 13. The smallest absolute Gasteiger partial charge is 0.187 e. The highest BCUT2D eigenvalue weighted by molar-refractivity contribution is 5.18. The molecule has 370 valence electrons. The van der Waals surface area contributed by atoms with Crippen LogP contribution in [0.25, 0.3) is 0 Å². The summed E-state index contributed by atoms with van der Waals surface area (Å²) in [5.41, 5.74) is -0.802. The highest BCUT2D eigenvalue weighted by Gasteiger charge is 2.72. The molecule has 4 aliphatic carbocycles. The van der Waals surface area contributed by atoms with E-state index in [2.05, 4.69) is 13.8 Å². The number of fused-ring (bicyclic) bond motifs is 7. The van der Waals surface area contributed by atoms with Crippen LogP contribution in [0.3, 0.4) is 0 Å². The molecular weight excluding hydrogens is 844 g/mol. The van der Waals surface area contributed by atoms with Crippen molar-refractivity contribution in [1.82, 2.24) is 0 Å². The maximum atomic E-state index is 12.4. The van der Waals surface area contributed by atoms with Gasteiger partial charge in [0, 0.05) is 23.7 Å². The molecule has 0 spiro atoms. The van der Waals surface area contributed by atoms with E-state index in [1.165, 1.54) is 6.92 Å². The Morgan fingerprint density at radius 1 is 0.688 bits per heavy atom. The third kappa shape index (κ3) is 8.14. The second-order valence-electron chi connectivity index (χ2n) is 21.7. The number of ether oxygens (including phenoxy) is 6. The summed E-state index contributed by atoms with van der Waals surface area (Å²) in [6, 6.07) is 0. The zero-order chi connectivity index (χ0) is 46.5. The summed E-state index contributed by atoms with van der Waals surface area (Å²) in [6.45, 7) is 8.30. The van der Waals surface area contributed by atoms with Crippen molar-refractivity contribution in [2.75, 3.05) is 13.2 Å². The lowest BCUT2D eigenvalue weighted by Crippen LogP contribution is -2.66. The summed E-state index contributed by atoms with van der Waals surface area (Å²) in [6.07, 6.45) is -19.3. The lowest BCUT2D eigenvalue weighted by Gasteiger charge is -2.63. The summed E-state index contributed by atoms with van der Waals surface area (Å²) < 4.78 is 37.2. The fourth-order valence-corrected chi connectivity index (χ4v) is 14.4. The first-order chi connectivity index (χ1) is 30.1. The van der Waals surface area contributed by atoms with Crippen LogP contribution >= 0.6 is 0 Å². The number of hydrogen-bond acceptors (Lipinski definition) is 19. The van der Waals surface area contributed by atoms with E-state index in [4.69, 9.17) is 28.4 Å². The Kier molecular flexibility index (Phi) is 14.4. The summed E-state index contributed by atoms with van der Waals surface area (Å²) >= 11 is 0. The van der Waals surface area contributed by atoms with Crippen molar-refractivity contribution in [2.24, 2.45) is 52.3 Å². The fraction of sp³-hybridized carbons (Fsp3) is 1.00. The van der Waals surface area contributed by atoms with Crippen LogP contribution in [0.15, 0.2) is 0 Å². The van der Waals surface area contributed by atoms with Gasteiger partial charge in [0.25, 0.3) is 0 Å². The Balaban J connectivity index is 1.05. The largest absolute Gasteiger partial charge is 0.394 e. The molecule has 0 radical (unpaired) electrons. The monoisotopic (exact) mass is 920 g/mol. The van der Waals surface area contributed by atoms with Gasteiger partial charge in [-0.25, -0.2) is 0 Å². The minimum absolute atomic E-state index is 0.0435.